The maximum Gasteiger partial charge on any atom is 0.117 e. The summed E-state index contributed by atoms with van der Waals surface area (Å²) in [6, 6.07) is 8.39. The van der Waals surface area contributed by atoms with Gasteiger partial charge in [-0.3, -0.25) is 0 Å². The minimum absolute atomic E-state index is 0.276. The number of hydrogen-bond donors (Lipinski definition) is 3. The third kappa shape index (κ3) is 3.22. The number of rotatable bonds is 6. The Balaban J connectivity index is 1.76. The van der Waals surface area contributed by atoms with Crippen molar-refractivity contribution >= 4 is 87.1 Å². The number of halogens is 2. The number of nitrogens with zero attached hydrogens (tertiary/aromatic N) is 3. The molecule has 4 aromatic rings. The number of hydrogen-bond acceptors (Lipinski definition) is 5. The SMILES string of the molecule is [B]c1c2c3c(c(-n4nnc5ccccc54)c1-c1c(Br)c(CS)c(C(C)(C)C=C)c(CS)c1Br)CC3N2. The van der Waals surface area contributed by atoms with Gasteiger partial charge in [-0.1, -0.05) is 42.7 Å². The van der Waals surface area contributed by atoms with Crippen molar-refractivity contribution in [1.29, 1.82) is 0 Å². The standard InChI is InChI=1S/C27H23BBr2N4S2/c1-4-27(2,3)21-13(10-35)23(29)20(24(30)14(21)11-36)19-22(28)25-18-12(9-16(18)31-25)26(19)34-17-8-6-5-7-15(17)32-33-34/h4-8,16,31,35-36H,1,9-11H2,2-3H3. The molecule has 9 heteroatoms. The fraction of sp³-hybridized carbons (Fsp3) is 0.259. The third-order valence-corrected chi connectivity index (χ3v) is 9.97. The fourth-order valence-electron chi connectivity index (χ4n) is 5.69. The molecule has 1 aromatic heterocycles. The van der Waals surface area contributed by atoms with Crippen LogP contribution in [0.25, 0.3) is 27.8 Å². The summed E-state index contributed by atoms with van der Waals surface area (Å²) in [5.41, 5.74) is 12.1. The summed E-state index contributed by atoms with van der Waals surface area (Å²) in [7, 11) is 6.96. The molecule has 6 rings (SSSR count). The topological polar surface area (TPSA) is 42.7 Å². The molecule has 0 fully saturated rings. The molecule has 2 heterocycles. The van der Waals surface area contributed by atoms with E-state index < -0.39 is 0 Å². The molecule has 0 spiro atoms. The normalized spacial score (nSPS) is 15.8. The highest BCUT2D eigenvalue weighted by Crippen LogP contribution is 2.55. The van der Waals surface area contributed by atoms with Gasteiger partial charge in [0.2, 0.25) is 0 Å². The van der Waals surface area contributed by atoms with Crippen LogP contribution in [0, 0.1) is 0 Å². The third-order valence-electron chi connectivity index (χ3n) is 7.59. The molecule has 2 radical (unpaired) electrons. The lowest BCUT2D eigenvalue weighted by Gasteiger charge is -2.47. The summed E-state index contributed by atoms with van der Waals surface area (Å²) >= 11 is 17.5. The first kappa shape index (κ1) is 24.6. The van der Waals surface area contributed by atoms with Crippen LogP contribution < -0.4 is 10.8 Å². The zero-order chi connectivity index (χ0) is 25.5. The van der Waals surface area contributed by atoms with E-state index in [1.54, 1.807) is 0 Å². The Labute approximate surface area is 239 Å². The van der Waals surface area contributed by atoms with Gasteiger partial charge >= 0.3 is 0 Å². The Morgan fingerprint density at radius 3 is 2.44 bits per heavy atom. The number of fused-ring (bicyclic) bond motifs is 1. The number of para-hydroxylation sites is 1. The van der Waals surface area contributed by atoms with Crippen LogP contribution in [0.4, 0.5) is 5.69 Å². The first-order chi connectivity index (χ1) is 17.2. The second-order valence-electron chi connectivity index (χ2n) is 9.87. The van der Waals surface area contributed by atoms with Crippen molar-refractivity contribution in [2.24, 2.45) is 0 Å². The minimum Gasteiger partial charge on any atom is -0.378 e. The number of thiol groups is 2. The zero-order valence-electron chi connectivity index (χ0n) is 19.9. The first-order valence-corrected chi connectivity index (χ1v) is 14.5. The molecule has 0 saturated heterocycles. The van der Waals surface area contributed by atoms with E-state index in [0.29, 0.717) is 23.0 Å². The predicted molar refractivity (Wildman–Crippen MR) is 164 cm³/mol. The monoisotopic (exact) mass is 636 g/mol. The first-order valence-electron chi connectivity index (χ1n) is 11.7. The Morgan fingerprint density at radius 2 is 1.83 bits per heavy atom. The molecule has 1 unspecified atom stereocenters. The van der Waals surface area contributed by atoms with E-state index in [9.17, 15) is 0 Å². The van der Waals surface area contributed by atoms with Gasteiger partial charge in [0.05, 0.1) is 17.2 Å². The summed E-state index contributed by atoms with van der Waals surface area (Å²) in [4.78, 5) is 0. The molecule has 1 aliphatic carbocycles. The molecular formula is C27H23BBr2N4S2. The lowest BCUT2D eigenvalue weighted by atomic mass is 9.67. The van der Waals surface area contributed by atoms with Crippen LogP contribution >= 0.6 is 57.1 Å². The fourth-order valence-corrected chi connectivity index (χ4v) is 8.49. The van der Waals surface area contributed by atoms with Gasteiger partial charge in [0.1, 0.15) is 13.4 Å². The Hall–Kier alpha value is -1.68. The van der Waals surface area contributed by atoms with E-state index in [1.165, 1.54) is 16.7 Å². The Kier molecular flexibility index (Phi) is 5.95. The summed E-state index contributed by atoms with van der Waals surface area (Å²) in [5.74, 6) is 1.10. The van der Waals surface area contributed by atoms with Gasteiger partial charge in [-0.25, -0.2) is 4.68 Å². The lowest BCUT2D eigenvalue weighted by Crippen LogP contribution is -2.41. The highest BCUT2D eigenvalue weighted by Gasteiger charge is 2.43. The van der Waals surface area contributed by atoms with Crippen molar-refractivity contribution < 1.29 is 0 Å². The van der Waals surface area contributed by atoms with Crippen molar-refractivity contribution in [3.8, 4) is 16.8 Å². The number of aromatic nitrogens is 3. The molecule has 180 valence electrons. The number of anilines is 1. The molecule has 1 aliphatic heterocycles. The van der Waals surface area contributed by atoms with Gasteiger partial charge in [0, 0.05) is 48.2 Å². The number of benzene rings is 3. The summed E-state index contributed by atoms with van der Waals surface area (Å²) in [5, 5.41) is 12.6. The van der Waals surface area contributed by atoms with Crippen molar-refractivity contribution in [3.05, 3.63) is 73.7 Å². The van der Waals surface area contributed by atoms with Crippen molar-refractivity contribution in [2.45, 2.75) is 43.2 Å². The lowest BCUT2D eigenvalue weighted by molar-refractivity contribution is 0.625. The average Bonchev–Trinajstić information content (AvgIpc) is 3.27. The minimum atomic E-state index is -0.276. The number of nitrogens with one attached hydrogen (secondary N) is 1. The van der Waals surface area contributed by atoms with Crippen molar-refractivity contribution in [1.82, 2.24) is 15.0 Å². The van der Waals surface area contributed by atoms with Gasteiger partial charge in [-0.15, -0.1) is 11.7 Å². The molecule has 1 N–H and O–H groups in total. The van der Waals surface area contributed by atoms with Crippen LogP contribution in [0.2, 0.25) is 0 Å². The number of allylic oxidation sites excluding steroid dienone is 1. The maximum atomic E-state index is 6.96. The zero-order valence-corrected chi connectivity index (χ0v) is 24.8. The highest BCUT2D eigenvalue weighted by atomic mass is 79.9. The Bertz CT molecular complexity index is 1580. The van der Waals surface area contributed by atoms with E-state index >= 15 is 0 Å². The van der Waals surface area contributed by atoms with Gasteiger partial charge in [0.15, 0.2) is 0 Å². The quantitative estimate of drug-likeness (QED) is 0.124. The average molecular weight is 638 g/mol. The second kappa shape index (κ2) is 8.68. The van der Waals surface area contributed by atoms with Crippen LogP contribution in [-0.4, -0.2) is 22.8 Å². The second-order valence-corrected chi connectivity index (χ2v) is 12.1. The maximum absolute atomic E-state index is 6.96. The van der Waals surface area contributed by atoms with Crippen LogP contribution in [-0.2, 0) is 23.3 Å². The molecule has 0 bridgehead atoms. The van der Waals surface area contributed by atoms with Crippen molar-refractivity contribution in [3.63, 3.8) is 0 Å². The van der Waals surface area contributed by atoms with Gasteiger partial charge in [-0.2, -0.15) is 25.3 Å². The van der Waals surface area contributed by atoms with E-state index in [2.05, 4.69) is 67.9 Å². The van der Waals surface area contributed by atoms with Crippen LogP contribution in [0.1, 0.15) is 47.7 Å². The van der Waals surface area contributed by atoms with E-state index in [0.717, 1.165) is 60.0 Å². The van der Waals surface area contributed by atoms with Crippen LogP contribution in [0.5, 0.6) is 0 Å². The largest absolute Gasteiger partial charge is 0.378 e. The van der Waals surface area contributed by atoms with Gasteiger partial charge in [-0.05, 0) is 72.7 Å². The Morgan fingerprint density at radius 1 is 1.17 bits per heavy atom. The van der Waals surface area contributed by atoms with Gasteiger partial charge < -0.3 is 5.32 Å². The van der Waals surface area contributed by atoms with E-state index in [-0.39, 0.29) is 5.41 Å². The summed E-state index contributed by atoms with van der Waals surface area (Å²) in [6.07, 6.45) is 2.91. The molecule has 2 aliphatic rings. The predicted octanol–water partition coefficient (Wildman–Crippen LogP) is 6.75. The van der Waals surface area contributed by atoms with Crippen molar-refractivity contribution in [2.75, 3.05) is 5.32 Å². The molecular weight excluding hydrogens is 615 g/mol. The molecule has 0 amide bonds. The summed E-state index contributed by atoms with van der Waals surface area (Å²) in [6.45, 7) is 8.44. The molecule has 0 saturated carbocycles. The molecule has 36 heavy (non-hydrogen) atoms. The smallest absolute Gasteiger partial charge is 0.117 e. The summed E-state index contributed by atoms with van der Waals surface area (Å²) < 4.78 is 3.87. The molecule has 1 atom stereocenters. The molecule has 4 nitrogen and oxygen atoms in total. The molecule has 3 aromatic carbocycles. The van der Waals surface area contributed by atoms with Crippen LogP contribution in [0.15, 0.2) is 45.9 Å². The van der Waals surface area contributed by atoms with E-state index in [4.69, 9.17) is 33.1 Å². The van der Waals surface area contributed by atoms with E-state index in [1.807, 2.05) is 35.0 Å². The van der Waals surface area contributed by atoms with Crippen LogP contribution in [0.3, 0.4) is 0 Å². The van der Waals surface area contributed by atoms with Gasteiger partial charge in [0.25, 0.3) is 0 Å². The highest BCUT2D eigenvalue weighted by molar-refractivity contribution is 9.11.